The predicted octanol–water partition coefficient (Wildman–Crippen LogP) is 1.80. The van der Waals surface area contributed by atoms with E-state index in [0.29, 0.717) is 34.1 Å². The summed E-state index contributed by atoms with van der Waals surface area (Å²) in [7, 11) is 2.96. The zero-order valence-electron chi connectivity index (χ0n) is 22.0. The summed E-state index contributed by atoms with van der Waals surface area (Å²) in [6, 6.07) is 11.2. The maximum absolute atomic E-state index is 12.9. The molecule has 5 N–H and O–H groups in total. The van der Waals surface area contributed by atoms with Crippen molar-refractivity contribution >= 4 is 17.5 Å². The fraction of sp³-hybridized carbons (Fsp3) is 0.231. The molecule has 0 radical (unpaired) electrons. The molecule has 40 heavy (non-hydrogen) atoms. The van der Waals surface area contributed by atoms with Crippen LogP contribution in [0.3, 0.4) is 0 Å². The number of hydrogen-bond acceptors (Lipinski definition) is 11. The van der Waals surface area contributed by atoms with Crippen LogP contribution >= 0.6 is 0 Å². The minimum Gasteiger partial charge on any atom is -0.493 e. The summed E-state index contributed by atoms with van der Waals surface area (Å²) >= 11 is 0. The van der Waals surface area contributed by atoms with Crippen LogP contribution in [0.2, 0.25) is 0 Å². The average Bonchev–Trinajstić information content (AvgIpc) is 3.35. The first-order valence-electron chi connectivity index (χ1n) is 12.0. The number of esters is 1. The van der Waals surface area contributed by atoms with E-state index < -0.39 is 17.7 Å². The number of anilines is 1. The molecule has 208 valence electrons. The fourth-order valence-corrected chi connectivity index (χ4v) is 3.79. The molecule has 14 nitrogen and oxygen atoms in total. The minimum atomic E-state index is -0.739. The molecule has 0 amide bonds. The Balaban J connectivity index is 1.79. The Labute approximate surface area is 228 Å². The average molecular weight is 549 g/mol. The number of nitrogen functional groups attached to an aromatic ring is 1. The fourth-order valence-electron chi connectivity index (χ4n) is 3.79. The van der Waals surface area contributed by atoms with Gasteiger partial charge in [0.25, 0.3) is 5.95 Å². The van der Waals surface area contributed by atoms with Crippen molar-refractivity contribution in [2.45, 2.75) is 13.0 Å². The van der Waals surface area contributed by atoms with Crippen molar-refractivity contribution in [3.8, 4) is 23.2 Å². The maximum Gasteiger partial charge on any atom is 0.350 e. The Kier molecular flexibility index (Phi) is 8.59. The van der Waals surface area contributed by atoms with Crippen LogP contribution in [0.25, 0.3) is 5.95 Å². The predicted molar refractivity (Wildman–Crippen MR) is 144 cm³/mol. The van der Waals surface area contributed by atoms with Gasteiger partial charge in [0.05, 0.1) is 14.2 Å². The highest BCUT2D eigenvalue weighted by atomic mass is 16.6. The van der Waals surface area contributed by atoms with Gasteiger partial charge in [-0.15, -0.1) is 9.78 Å². The number of nitrogens with one attached hydrogen (secondary N) is 3. The van der Waals surface area contributed by atoms with Crippen LogP contribution < -0.4 is 31.0 Å². The lowest BCUT2D eigenvalue weighted by atomic mass is 10.0. The summed E-state index contributed by atoms with van der Waals surface area (Å²) in [5.74, 6) is 0.849. The third-order valence-electron chi connectivity index (χ3n) is 5.60. The van der Waals surface area contributed by atoms with Crippen LogP contribution in [0.5, 0.6) is 17.2 Å². The summed E-state index contributed by atoms with van der Waals surface area (Å²) < 4.78 is 23.0. The molecule has 0 bridgehead atoms. The smallest absolute Gasteiger partial charge is 0.350 e. The van der Waals surface area contributed by atoms with E-state index in [4.69, 9.17) is 30.1 Å². The molecule has 1 unspecified atom stereocenters. The van der Waals surface area contributed by atoms with Gasteiger partial charge in [-0.3, -0.25) is 15.2 Å². The van der Waals surface area contributed by atoms with E-state index in [1.807, 2.05) is 0 Å². The second-order valence-electron chi connectivity index (χ2n) is 8.29. The van der Waals surface area contributed by atoms with Crippen molar-refractivity contribution < 1.29 is 23.7 Å². The van der Waals surface area contributed by atoms with Gasteiger partial charge in [-0.2, -0.15) is 0 Å². The van der Waals surface area contributed by atoms with Gasteiger partial charge >= 0.3 is 11.7 Å². The van der Waals surface area contributed by atoms with E-state index in [9.17, 15) is 9.59 Å². The Morgan fingerprint density at radius 1 is 1.10 bits per heavy atom. The highest BCUT2D eigenvalue weighted by Crippen LogP contribution is 2.41. The van der Waals surface area contributed by atoms with Crippen LogP contribution in [0.15, 0.2) is 59.7 Å². The van der Waals surface area contributed by atoms with Gasteiger partial charge in [0.15, 0.2) is 17.3 Å². The van der Waals surface area contributed by atoms with Crippen LogP contribution in [0.4, 0.5) is 5.69 Å². The topological polar surface area (TPSA) is 192 Å². The van der Waals surface area contributed by atoms with Gasteiger partial charge < -0.3 is 30.0 Å². The quantitative estimate of drug-likeness (QED) is 0.0873. The van der Waals surface area contributed by atoms with E-state index in [1.54, 1.807) is 42.5 Å². The van der Waals surface area contributed by atoms with Crippen LogP contribution in [-0.4, -0.2) is 64.0 Å². The highest BCUT2D eigenvalue weighted by Gasteiger charge is 2.25. The van der Waals surface area contributed by atoms with Crippen LogP contribution in [0, 0.1) is 5.41 Å². The maximum atomic E-state index is 12.9. The zero-order chi connectivity index (χ0) is 28.6. The number of amidine groups is 1. The molecular weight excluding hydrogens is 520 g/mol. The van der Waals surface area contributed by atoms with E-state index in [2.05, 4.69) is 25.4 Å². The number of aromatic nitrogens is 5. The third-order valence-corrected chi connectivity index (χ3v) is 5.60. The standard InChI is InChI=1S/C26H28N8O6/c1-15(35)39-11-12-40-20-14-17(13-19(37-2)22(20)38-3)21(31-18-7-5-16(6-8-18)23(27)28)24-32-26(36)34(33-24)25-29-9-4-10-30-25/h4-10,13-14,21,31H,11-12H2,1-3H3,(H3,27,28)(H,32,33,36). The lowest BCUT2D eigenvalue weighted by Gasteiger charge is -2.22. The zero-order valence-corrected chi connectivity index (χ0v) is 22.0. The van der Waals surface area contributed by atoms with Gasteiger partial charge in [0.1, 0.15) is 25.1 Å². The largest absolute Gasteiger partial charge is 0.493 e. The summed E-state index contributed by atoms with van der Waals surface area (Å²) in [6.45, 7) is 1.40. The number of aromatic amines is 1. The molecule has 0 aliphatic heterocycles. The first kappa shape index (κ1) is 27.6. The molecule has 4 rings (SSSR count). The molecule has 2 aromatic heterocycles. The molecule has 4 aromatic rings. The highest BCUT2D eigenvalue weighted by molar-refractivity contribution is 5.95. The Hall–Kier alpha value is -5.40. The molecule has 0 saturated heterocycles. The summed E-state index contributed by atoms with van der Waals surface area (Å²) in [6.07, 6.45) is 3.01. The summed E-state index contributed by atoms with van der Waals surface area (Å²) in [5.41, 5.74) is 6.84. The molecule has 2 heterocycles. The second-order valence-corrected chi connectivity index (χ2v) is 8.29. The lowest BCUT2D eigenvalue weighted by Crippen LogP contribution is -2.18. The molecular formula is C26H28N8O6. The van der Waals surface area contributed by atoms with Crippen LogP contribution in [-0.2, 0) is 9.53 Å². The monoisotopic (exact) mass is 548 g/mol. The van der Waals surface area contributed by atoms with Crippen molar-refractivity contribution in [1.29, 1.82) is 5.41 Å². The number of methoxy groups -OCH3 is 2. The number of nitrogens with zero attached hydrogens (tertiary/aromatic N) is 4. The summed E-state index contributed by atoms with van der Waals surface area (Å²) in [5, 5.41) is 15.5. The molecule has 1 atom stereocenters. The SMILES string of the molecule is COc1cc(C(Nc2ccc(C(=N)N)cc2)c2nn(-c3ncccn3)c(=O)[nH]2)cc(OCCOC(C)=O)c1OC. The van der Waals surface area contributed by atoms with Crippen molar-refractivity contribution in [3.05, 3.63) is 82.3 Å². The van der Waals surface area contributed by atoms with Gasteiger partial charge in [0, 0.05) is 30.6 Å². The number of benzene rings is 2. The Morgan fingerprint density at radius 2 is 1.80 bits per heavy atom. The number of rotatable bonds is 12. The van der Waals surface area contributed by atoms with E-state index in [1.165, 1.54) is 33.5 Å². The van der Waals surface area contributed by atoms with Crippen molar-refractivity contribution in [1.82, 2.24) is 24.7 Å². The molecule has 0 fully saturated rings. The van der Waals surface area contributed by atoms with E-state index in [0.717, 1.165) is 4.68 Å². The van der Waals surface area contributed by atoms with Crippen molar-refractivity contribution in [3.63, 3.8) is 0 Å². The second kappa shape index (κ2) is 12.4. The first-order chi connectivity index (χ1) is 19.3. The lowest BCUT2D eigenvalue weighted by molar-refractivity contribution is -0.141. The third kappa shape index (κ3) is 6.35. The van der Waals surface area contributed by atoms with Crippen LogP contribution in [0.1, 0.15) is 29.9 Å². The number of nitrogens with two attached hydrogens (primary N) is 1. The van der Waals surface area contributed by atoms with Gasteiger partial charge in [-0.05, 0) is 48.0 Å². The van der Waals surface area contributed by atoms with Crippen molar-refractivity contribution in [2.24, 2.45) is 5.73 Å². The molecule has 0 aliphatic rings. The summed E-state index contributed by atoms with van der Waals surface area (Å²) in [4.78, 5) is 35.0. The number of hydrogen-bond donors (Lipinski definition) is 4. The number of H-pyrrole nitrogens is 1. The Morgan fingerprint density at radius 3 is 2.42 bits per heavy atom. The van der Waals surface area contributed by atoms with Gasteiger partial charge in [0.2, 0.25) is 5.75 Å². The van der Waals surface area contributed by atoms with E-state index in [-0.39, 0.29) is 30.8 Å². The number of carbonyl (C=O) groups is 1. The molecule has 14 heteroatoms. The number of carbonyl (C=O) groups excluding carboxylic acids is 1. The van der Waals surface area contributed by atoms with Gasteiger partial charge in [-0.1, -0.05) is 0 Å². The minimum absolute atomic E-state index is 0.0318. The van der Waals surface area contributed by atoms with Crippen molar-refractivity contribution in [2.75, 3.05) is 32.8 Å². The molecule has 0 saturated carbocycles. The van der Waals surface area contributed by atoms with Gasteiger partial charge in [-0.25, -0.2) is 14.8 Å². The Bertz CT molecular complexity index is 1540. The first-order valence-corrected chi connectivity index (χ1v) is 12.0. The normalized spacial score (nSPS) is 11.4. The number of ether oxygens (including phenoxy) is 4. The van der Waals surface area contributed by atoms with E-state index >= 15 is 0 Å². The molecule has 2 aromatic carbocycles. The molecule has 0 spiro atoms. The molecule has 0 aliphatic carbocycles.